The van der Waals surface area contributed by atoms with Crippen LogP contribution in [-0.4, -0.2) is 48.0 Å². The second-order valence-corrected chi connectivity index (χ2v) is 9.16. The van der Waals surface area contributed by atoms with Crippen molar-refractivity contribution in [3.8, 4) is 5.75 Å². The van der Waals surface area contributed by atoms with Crippen molar-refractivity contribution in [1.29, 1.82) is 0 Å². The molecule has 0 bridgehead atoms. The Hall–Kier alpha value is -2.90. The SMILES string of the molecule is O=C(Nc1ccccc1OCC(O)CN[N+]1(Cc2ccc(Cl)cc2)CCCC1)c1ccccc1. The highest BCUT2D eigenvalue weighted by Crippen LogP contribution is 2.25. The topological polar surface area (TPSA) is 70.6 Å². The van der Waals surface area contributed by atoms with E-state index in [2.05, 4.69) is 22.9 Å². The third kappa shape index (κ3) is 6.58. The maximum atomic E-state index is 12.5. The van der Waals surface area contributed by atoms with Gasteiger partial charge in [0.15, 0.2) is 0 Å². The Morgan fingerprint density at radius 1 is 0.971 bits per heavy atom. The van der Waals surface area contributed by atoms with Crippen LogP contribution in [0.25, 0.3) is 0 Å². The molecule has 0 aromatic heterocycles. The zero-order chi connectivity index (χ0) is 23.8. The van der Waals surface area contributed by atoms with Crippen molar-refractivity contribution in [3.05, 3.63) is 95.0 Å². The Balaban J connectivity index is 1.32. The minimum atomic E-state index is -0.696. The molecule has 1 fully saturated rings. The highest BCUT2D eigenvalue weighted by atomic mass is 35.5. The smallest absolute Gasteiger partial charge is 0.255 e. The lowest BCUT2D eigenvalue weighted by Gasteiger charge is -2.34. The molecule has 1 aliphatic heterocycles. The van der Waals surface area contributed by atoms with Crippen LogP contribution in [0.15, 0.2) is 78.9 Å². The maximum Gasteiger partial charge on any atom is 0.255 e. The third-order valence-corrected chi connectivity index (χ3v) is 6.34. The first-order valence-electron chi connectivity index (χ1n) is 11.6. The number of nitrogens with one attached hydrogen (secondary N) is 2. The van der Waals surface area contributed by atoms with Crippen molar-refractivity contribution in [2.24, 2.45) is 0 Å². The van der Waals surface area contributed by atoms with E-state index < -0.39 is 6.10 Å². The van der Waals surface area contributed by atoms with E-state index in [0.717, 1.165) is 42.1 Å². The monoisotopic (exact) mass is 480 g/mol. The number of aliphatic hydroxyl groups excluding tert-OH is 1. The fourth-order valence-corrected chi connectivity index (χ4v) is 4.40. The van der Waals surface area contributed by atoms with Gasteiger partial charge in [-0.15, -0.1) is 0 Å². The zero-order valence-corrected chi connectivity index (χ0v) is 19.9. The molecule has 3 aromatic carbocycles. The molecule has 0 saturated carbocycles. The standard InChI is InChI=1S/C27H30ClN3O3/c28-23-14-12-21(13-15-23)19-31(16-6-7-17-31)29-18-24(32)20-34-26-11-5-4-10-25(26)30-27(33)22-8-2-1-3-9-22/h1-5,8-15,24,29,32H,6-7,16-20H2/p+1. The molecule has 1 heterocycles. The molecule has 1 saturated heterocycles. The number of para-hydroxylation sites is 2. The van der Waals surface area contributed by atoms with Crippen LogP contribution >= 0.6 is 11.6 Å². The number of benzene rings is 3. The van der Waals surface area contributed by atoms with E-state index in [0.29, 0.717) is 23.5 Å². The lowest BCUT2D eigenvalue weighted by molar-refractivity contribution is -0.971. The number of amides is 1. The molecule has 7 heteroatoms. The zero-order valence-electron chi connectivity index (χ0n) is 19.1. The van der Waals surface area contributed by atoms with Crippen LogP contribution in [0.1, 0.15) is 28.8 Å². The van der Waals surface area contributed by atoms with Gasteiger partial charge in [0.1, 0.15) is 25.0 Å². The number of quaternary nitrogens is 1. The lowest BCUT2D eigenvalue weighted by Crippen LogP contribution is -2.57. The summed E-state index contributed by atoms with van der Waals surface area (Å²) in [6.07, 6.45) is 1.61. The summed E-state index contributed by atoms with van der Waals surface area (Å²) < 4.78 is 6.63. The molecule has 4 rings (SSSR count). The quantitative estimate of drug-likeness (QED) is 0.369. The second-order valence-electron chi connectivity index (χ2n) is 8.73. The fourth-order valence-electron chi connectivity index (χ4n) is 4.28. The first-order chi connectivity index (χ1) is 16.5. The number of likely N-dealkylation sites (tertiary alicyclic amines) is 1. The molecule has 3 aromatic rings. The number of aliphatic hydroxyl groups is 1. The van der Waals surface area contributed by atoms with Crippen molar-refractivity contribution in [1.82, 2.24) is 5.43 Å². The van der Waals surface area contributed by atoms with Crippen LogP contribution in [0.4, 0.5) is 5.69 Å². The Kier molecular flexibility index (Phi) is 8.19. The number of carbonyl (C=O) groups is 1. The molecule has 34 heavy (non-hydrogen) atoms. The van der Waals surface area contributed by atoms with Crippen LogP contribution in [0.5, 0.6) is 5.75 Å². The van der Waals surface area contributed by atoms with Gasteiger partial charge in [-0.25, -0.2) is 4.59 Å². The summed E-state index contributed by atoms with van der Waals surface area (Å²) in [5, 5.41) is 14.3. The molecule has 1 unspecified atom stereocenters. The van der Waals surface area contributed by atoms with E-state index in [-0.39, 0.29) is 12.5 Å². The van der Waals surface area contributed by atoms with E-state index >= 15 is 0 Å². The molecular weight excluding hydrogens is 450 g/mol. The minimum absolute atomic E-state index is 0.117. The molecule has 3 N–H and O–H groups in total. The number of rotatable bonds is 10. The Bertz CT molecular complexity index is 1070. The van der Waals surface area contributed by atoms with Crippen LogP contribution in [0.2, 0.25) is 5.02 Å². The first-order valence-corrected chi connectivity index (χ1v) is 12.0. The fraction of sp³-hybridized carbons (Fsp3) is 0.296. The van der Waals surface area contributed by atoms with Gasteiger partial charge in [-0.3, -0.25) is 4.79 Å². The molecule has 0 radical (unpaired) electrons. The molecule has 1 atom stereocenters. The normalized spacial score (nSPS) is 15.6. The summed E-state index contributed by atoms with van der Waals surface area (Å²) in [5.41, 5.74) is 5.93. The molecule has 0 spiro atoms. The van der Waals surface area contributed by atoms with Gasteiger partial charge in [-0.2, -0.15) is 5.43 Å². The summed E-state index contributed by atoms with van der Waals surface area (Å²) in [4.78, 5) is 12.5. The average molecular weight is 481 g/mol. The molecule has 1 amide bonds. The molecular formula is C27H31ClN3O3+. The van der Waals surface area contributed by atoms with Crippen molar-refractivity contribution in [2.75, 3.05) is 31.6 Å². The largest absolute Gasteiger partial charge is 0.489 e. The number of carbonyl (C=O) groups excluding carboxylic acids is 1. The summed E-state index contributed by atoms with van der Waals surface area (Å²) >= 11 is 6.03. The molecule has 1 aliphatic rings. The summed E-state index contributed by atoms with van der Waals surface area (Å²) in [5.74, 6) is 0.318. The minimum Gasteiger partial charge on any atom is -0.489 e. The lowest BCUT2D eigenvalue weighted by atomic mass is 10.2. The number of nitrogens with zero attached hydrogens (tertiary/aromatic N) is 1. The van der Waals surface area contributed by atoms with Gasteiger partial charge in [0.25, 0.3) is 5.91 Å². The predicted octanol–water partition coefficient (Wildman–Crippen LogP) is 4.65. The van der Waals surface area contributed by atoms with Gasteiger partial charge in [-0.1, -0.05) is 54.1 Å². The number of halogens is 1. The maximum absolute atomic E-state index is 12.5. The number of hydrogen-bond donors (Lipinski definition) is 3. The van der Waals surface area contributed by atoms with Crippen LogP contribution < -0.4 is 15.5 Å². The summed E-state index contributed by atoms with van der Waals surface area (Å²) in [6, 6.07) is 24.2. The molecule has 178 valence electrons. The van der Waals surface area contributed by atoms with E-state index in [4.69, 9.17) is 16.3 Å². The van der Waals surface area contributed by atoms with E-state index in [1.54, 1.807) is 24.3 Å². The molecule has 0 aliphatic carbocycles. The number of ether oxygens (including phenoxy) is 1. The van der Waals surface area contributed by atoms with Gasteiger partial charge in [0.05, 0.1) is 25.3 Å². The van der Waals surface area contributed by atoms with E-state index in [1.165, 1.54) is 5.56 Å². The van der Waals surface area contributed by atoms with Gasteiger partial charge in [-0.05, 0) is 36.4 Å². The highest BCUT2D eigenvalue weighted by Gasteiger charge is 2.33. The Morgan fingerprint density at radius 2 is 1.65 bits per heavy atom. The summed E-state index contributed by atoms with van der Waals surface area (Å²) in [7, 11) is 0. The number of anilines is 1. The predicted molar refractivity (Wildman–Crippen MR) is 135 cm³/mol. The van der Waals surface area contributed by atoms with E-state index in [9.17, 15) is 9.90 Å². The second kappa shape index (κ2) is 11.5. The van der Waals surface area contributed by atoms with Crippen molar-refractivity contribution >= 4 is 23.2 Å². The van der Waals surface area contributed by atoms with Crippen molar-refractivity contribution in [3.63, 3.8) is 0 Å². The van der Waals surface area contributed by atoms with Gasteiger partial charge < -0.3 is 15.2 Å². The third-order valence-electron chi connectivity index (χ3n) is 6.09. The van der Waals surface area contributed by atoms with Crippen molar-refractivity contribution < 1.29 is 19.2 Å². The van der Waals surface area contributed by atoms with Gasteiger partial charge in [0, 0.05) is 29.0 Å². The van der Waals surface area contributed by atoms with Gasteiger partial charge >= 0.3 is 0 Å². The molecule has 6 nitrogen and oxygen atoms in total. The number of hydrogen-bond acceptors (Lipinski definition) is 4. The Morgan fingerprint density at radius 3 is 2.38 bits per heavy atom. The van der Waals surface area contributed by atoms with E-state index in [1.807, 2.05) is 42.5 Å². The van der Waals surface area contributed by atoms with Crippen LogP contribution in [-0.2, 0) is 6.54 Å². The van der Waals surface area contributed by atoms with Crippen LogP contribution in [0.3, 0.4) is 0 Å². The van der Waals surface area contributed by atoms with Crippen molar-refractivity contribution in [2.45, 2.75) is 25.5 Å². The first kappa shape index (κ1) is 24.2. The van der Waals surface area contributed by atoms with Gasteiger partial charge in [0.2, 0.25) is 0 Å². The average Bonchev–Trinajstić information content (AvgIpc) is 3.33. The highest BCUT2D eigenvalue weighted by molar-refractivity contribution is 6.30. The van der Waals surface area contributed by atoms with Crippen LogP contribution in [0, 0.1) is 0 Å². The summed E-state index contributed by atoms with van der Waals surface area (Å²) in [6.45, 7) is 3.41. The Labute approximate surface area is 205 Å².